The second-order valence-electron chi connectivity index (χ2n) is 20.3. The van der Waals surface area contributed by atoms with E-state index in [9.17, 15) is 9.59 Å². The van der Waals surface area contributed by atoms with Gasteiger partial charge in [-0.2, -0.15) is 0 Å². The molecule has 302 valence electrons. The van der Waals surface area contributed by atoms with Crippen LogP contribution < -0.4 is 9.47 Å². The van der Waals surface area contributed by atoms with Crippen molar-refractivity contribution in [3.05, 3.63) is 189 Å². The Kier molecular flexibility index (Phi) is 10.4. The van der Waals surface area contributed by atoms with E-state index in [1.54, 1.807) is 0 Å². The van der Waals surface area contributed by atoms with Crippen molar-refractivity contribution >= 4 is 11.9 Å². The summed E-state index contributed by atoms with van der Waals surface area (Å²) >= 11 is 0. The van der Waals surface area contributed by atoms with Crippen molar-refractivity contribution in [2.24, 2.45) is 0 Å². The van der Waals surface area contributed by atoms with Gasteiger partial charge in [0.25, 0.3) is 0 Å². The lowest BCUT2D eigenvalue weighted by Crippen LogP contribution is -2.28. The van der Waals surface area contributed by atoms with Crippen molar-refractivity contribution in [1.29, 1.82) is 0 Å². The fourth-order valence-electron chi connectivity index (χ4n) is 8.12. The zero-order valence-electron chi connectivity index (χ0n) is 36.8. The molecule has 4 heteroatoms. The summed E-state index contributed by atoms with van der Waals surface area (Å²) in [6, 6.07) is 45.2. The molecular formula is C55H58O4. The van der Waals surface area contributed by atoms with Gasteiger partial charge in [0.2, 0.25) is 0 Å². The van der Waals surface area contributed by atoms with Gasteiger partial charge in [-0.1, -0.05) is 168 Å². The van der Waals surface area contributed by atoms with Crippen LogP contribution in [0.3, 0.4) is 0 Å². The van der Waals surface area contributed by atoms with E-state index < -0.39 is 5.41 Å². The lowest BCUT2D eigenvalue weighted by atomic mass is 9.68. The van der Waals surface area contributed by atoms with Crippen LogP contribution in [0, 0.1) is 0 Å². The van der Waals surface area contributed by atoms with E-state index in [-0.39, 0.29) is 33.6 Å². The van der Waals surface area contributed by atoms with Crippen molar-refractivity contribution in [3.8, 4) is 22.6 Å². The Morgan fingerprint density at radius 1 is 0.390 bits per heavy atom. The highest BCUT2D eigenvalue weighted by Crippen LogP contribution is 2.56. The van der Waals surface area contributed by atoms with Crippen molar-refractivity contribution in [2.45, 2.75) is 110 Å². The van der Waals surface area contributed by atoms with Crippen molar-refractivity contribution < 1.29 is 19.1 Å². The van der Waals surface area contributed by atoms with E-state index in [0.29, 0.717) is 22.6 Å². The molecule has 0 atom stereocenters. The average Bonchev–Trinajstić information content (AvgIpc) is 3.48. The number of benzene rings is 6. The normalized spacial score (nSPS) is 13.7. The molecule has 0 radical (unpaired) electrons. The summed E-state index contributed by atoms with van der Waals surface area (Å²) in [5.74, 6) is 0.176. The van der Waals surface area contributed by atoms with Gasteiger partial charge in [0.15, 0.2) is 0 Å². The minimum atomic E-state index is -0.691. The Balaban J connectivity index is 1.25. The van der Waals surface area contributed by atoms with Crippen LogP contribution in [0.1, 0.15) is 148 Å². The summed E-state index contributed by atoms with van der Waals surface area (Å²) in [6.07, 6.45) is 0. The van der Waals surface area contributed by atoms with Crippen LogP contribution in [0.5, 0.6) is 11.5 Å². The first-order valence-electron chi connectivity index (χ1n) is 20.7. The number of hydrogen-bond donors (Lipinski definition) is 0. The second-order valence-corrected chi connectivity index (χ2v) is 20.3. The Labute approximate surface area is 351 Å². The van der Waals surface area contributed by atoms with Crippen LogP contribution in [0.25, 0.3) is 11.1 Å². The number of fused-ring (bicyclic) bond motifs is 3. The largest absolute Gasteiger partial charge is 0.423 e. The molecule has 7 rings (SSSR count). The molecule has 0 aromatic heterocycles. The molecule has 0 heterocycles. The molecule has 0 spiro atoms. The van der Waals surface area contributed by atoms with Crippen LogP contribution in [0.15, 0.2) is 133 Å². The fourth-order valence-corrected chi connectivity index (χ4v) is 8.12. The van der Waals surface area contributed by atoms with E-state index >= 15 is 0 Å². The first kappa shape index (κ1) is 41.4. The number of esters is 2. The maximum Gasteiger partial charge on any atom is 0.343 e. The summed E-state index contributed by atoms with van der Waals surface area (Å²) < 4.78 is 12.2. The van der Waals surface area contributed by atoms with Crippen LogP contribution in [0.2, 0.25) is 0 Å². The smallest absolute Gasteiger partial charge is 0.343 e. The van der Waals surface area contributed by atoms with Gasteiger partial charge in [0.1, 0.15) is 11.5 Å². The van der Waals surface area contributed by atoms with Gasteiger partial charge < -0.3 is 9.47 Å². The molecule has 0 saturated heterocycles. The first-order chi connectivity index (χ1) is 27.6. The quantitative estimate of drug-likeness (QED) is 0.125. The third kappa shape index (κ3) is 8.02. The lowest BCUT2D eigenvalue weighted by molar-refractivity contribution is 0.0724. The molecule has 59 heavy (non-hydrogen) atoms. The molecule has 0 aliphatic heterocycles. The predicted molar refractivity (Wildman–Crippen MR) is 241 cm³/mol. The lowest BCUT2D eigenvalue weighted by Gasteiger charge is -2.34. The zero-order chi connectivity index (χ0) is 42.7. The van der Waals surface area contributed by atoms with Crippen LogP contribution >= 0.6 is 0 Å². The second kappa shape index (κ2) is 14.8. The Bertz CT molecular complexity index is 2300. The Morgan fingerprint density at radius 3 is 0.966 bits per heavy atom. The van der Waals surface area contributed by atoms with Crippen molar-refractivity contribution in [1.82, 2.24) is 0 Å². The fraction of sp³-hybridized carbons (Fsp3) is 0.309. The van der Waals surface area contributed by atoms with E-state index in [2.05, 4.69) is 168 Å². The molecule has 0 fully saturated rings. The van der Waals surface area contributed by atoms with Gasteiger partial charge in [0, 0.05) is 0 Å². The molecule has 0 saturated carbocycles. The van der Waals surface area contributed by atoms with Crippen LogP contribution in [-0.2, 0) is 27.1 Å². The summed E-state index contributed by atoms with van der Waals surface area (Å²) in [7, 11) is 0. The van der Waals surface area contributed by atoms with Gasteiger partial charge in [-0.3, -0.25) is 0 Å². The Hall–Kier alpha value is -5.74. The average molecular weight is 783 g/mol. The highest BCUT2D eigenvalue weighted by molar-refractivity contribution is 5.93. The third-order valence-corrected chi connectivity index (χ3v) is 11.7. The highest BCUT2D eigenvalue weighted by atomic mass is 16.5. The third-order valence-electron chi connectivity index (χ3n) is 11.7. The molecule has 0 bridgehead atoms. The van der Waals surface area contributed by atoms with Crippen LogP contribution in [-0.4, -0.2) is 11.9 Å². The van der Waals surface area contributed by atoms with Gasteiger partial charge in [-0.25, -0.2) is 9.59 Å². The monoisotopic (exact) mass is 782 g/mol. The molecule has 0 unspecified atom stereocenters. The molecule has 0 N–H and O–H groups in total. The van der Waals surface area contributed by atoms with E-state index in [4.69, 9.17) is 9.47 Å². The number of carbonyl (C=O) groups is 2. The highest BCUT2D eigenvalue weighted by Gasteiger charge is 2.46. The number of hydrogen-bond acceptors (Lipinski definition) is 4. The number of carbonyl (C=O) groups excluding carboxylic acids is 2. The molecule has 4 nitrogen and oxygen atoms in total. The number of ether oxygens (including phenoxy) is 2. The summed E-state index contributed by atoms with van der Waals surface area (Å²) in [5.41, 5.74) is 10.9. The molecular weight excluding hydrogens is 725 g/mol. The predicted octanol–water partition coefficient (Wildman–Crippen LogP) is 13.7. The molecule has 6 aromatic carbocycles. The van der Waals surface area contributed by atoms with Gasteiger partial charge in [-0.15, -0.1) is 0 Å². The number of rotatable bonds is 6. The van der Waals surface area contributed by atoms with Crippen LogP contribution in [0.4, 0.5) is 0 Å². The summed E-state index contributed by atoms with van der Waals surface area (Å²) in [4.78, 5) is 27.6. The van der Waals surface area contributed by atoms with E-state index in [0.717, 1.165) is 55.6 Å². The maximum absolute atomic E-state index is 13.8. The van der Waals surface area contributed by atoms with Gasteiger partial charge in [0.05, 0.1) is 16.5 Å². The minimum Gasteiger partial charge on any atom is -0.423 e. The van der Waals surface area contributed by atoms with Gasteiger partial charge in [-0.05, 0) is 126 Å². The van der Waals surface area contributed by atoms with Crippen molar-refractivity contribution in [2.75, 3.05) is 0 Å². The van der Waals surface area contributed by atoms with E-state index in [1.165, 1.54) is 0 Å². The molecule has 6 aromatic rings. The Morgan fingerprint density at radius 2 is 0.678 bits per heavy atom. The molecule has 1 aliphatic rings. The zero-order valence-corrected chi connectivity index (χ0v) is 36.8. The van der Waals surface area contributed by atoms with Crippen molar-refractivity contribution in [3.63, 3.8) is 0 Å². The van der Waals surface area contributed by atoms with E-state index in [1.807, 2.05) is 48.5 Å². The SMILES string of the molecule is CC(C)(C)c1cc(C(=O)Oc2ccc(C3(c4ccc(OC(=O)c5cc(C(C)(C)C)cc(C(C)(C)C)c5)cc4)c4ccccc4-c4ccccc43)cc2)cc(C(C)(C)C)c1. The maximum atomic E-state index is 13.8. The standard InChI is InChI=1S/C55H58O4/c1-51(2,3)39-29-35(30-40(33-39)52(4,5)6)49(56)58-43-25-21-37(22-26-43)55(47-19-15-13-17-45(47)46-18-14-16-20-48(46)55)38-23-27-44(28-24-38)59-50(57)36-31-41(53(7,8)9)34-42(32-36)54(10,11)12/h13-34H,1-12H3. The topological polar surface area (TPSA) is 52.6 Å². The minimum absolute atomic E-state index is 0.131. The van der Waals surface area contributed by atoms with Gasteiger partial charge >= 0.3 is 11.9 Å². The summed E-state index contributed by atoms with van der Waals surface area (Å²) in [5, 5.41) is 0. The molecule has 1 aliphatic carbocycles. The summed E-state index contributed by atoms with van der Waals surface area (Å²) in [6.45, 7) is 25.9. The first-order valence-corrected chi connectivity index (χ1v) is 20.7. The molecule has 0 amide bonds.